The van der Waals surface area contributed by atoms with E-state index in [4.69, 9.17) is 5.73 Å². The van der Waals surface area contributed by atoms with E-state index in [2.05, 4.69) is 4.98 Å². The number of amides is 1. The van der Waals surface area contributed by atoms with Crippen LogP contribution in [0.25, 0.3) is 0 Å². The van der Waals surface area contributed by atoms with Gasteiger partial charge in [0.15, 0.2) is 0 Å². The zero-order valence-electron chi connectivity index (χ0n) is 9.97. The topological polar surface area (TPSA) is 59.2 Å². The Labute approximate surface area is 101 Å². The molecule has 4 heteroatoms. The molecule has 2 N–H and O–H groups in total. The molecule has 0 bridgehead atoms. The van der Waals surface area contributed by atoms with Crippen molar-refractivity contribution in [1.29, 1.82) is 0 Å². The largest absolute Gasteiger partial charge is 0.396 e. The highest BCUT2D eigenvalue weighted by atomic mass is 16.2. The van der Waals surface area contributed by atoms with Gasteiger partial charge in [-0.05, 0) is 30.7 Å². The molecule has 2 saturated carbocycles. The molecular weight excluding hydrogens is 214 g/mol. The first-order chi connectivity index (χ1) is 8.20. The number of anilines is 2. The van der Waals surface area contributed by atoms with E-state index < -0.39 is 0 Å². The summed E-state index contributed by atoms with van der Waals surface area (Å²) in [5.41, 5.74) is 7.18. The van der Waals surface area contributed by atoms with Crippen molar-refractivity contribution in [3.8, 4) is 0 Å². The highest BCUT2D eigenvalue weighted by Crippen LogP contribution is 2.58. The molecule has 0 aromatic carbocycles. The molecule has 1 aromatic rings. The standard InChI is InChI=1S/C13H17N3O/c1-16(11-5-6-15-7-10(11)14)13(17)12-8-3-2-4-9(8)12/h5-9,12H,2-4,14H2,1H3. The van der Waals surface area contributed by atoms with Crippen molar-refractivity contribution in [2.75, 3.05) is 17.7 Å². The summed E-state index contributed by atoms with van der Waals surface area (Å²) >= 11 is 0. The predicted molar refractivity (Wildman–Crippen MR) is 66.4 cm³/mol. The highest BCUT2D eigenvalue weighted by Gasteiger charge is 2.57. The summed E-state index contributed by atoms with van der Waals surface area (Å²) in [6.07, 6.45) is 7.00. The van der Waals surface area contributed by atoms with Gasteiger partial charge in [0, 0.05) is 19.2 Å². The maximum Gasteiger partial charge on any atom is 0.230 e. The van der Waals surface area contributed by atoms with Crippen LogP contribution in [0, 0.1) is 17.8 Å². The van der Waals surface area contributed by atoms with Crippen molar-refractivity contribution in [2.45, 2.75) is 19.3 Å². The van der Waals surface area contributed by atoms with Gasteiger partial charge in [-0.1, -0.05) is 6.42 Å². The molecule has 17 heavy (non-hydrogen) atoms. The molecule has 3 rings (SSSR count). The van der Waals surface area contributed by atoms with Crippen LogP contribution in [0.2, 0.25) is 0 Å². The minimum absolute atomic E-state index is 0.220. The lowest BCUT2D eigenvalue weighted by Gasteiger charge is -2.19. The fourth-order valence-corrected chi connectivity index (χ4v) is 3.23. The van der Waals surface area contributed by atoms with E-state index >= 15 is 0 Å². The molecule has 0 saturated heterocycles. The Morgan fingerprint density at radius 3 is 2.82 bits per heavy atom. The van der Waals surface area contributed by atoms with Crippen molar-refractivity contribution in [3.63, 3.8) is 0 Å². The Morgan fingerprint density at radius 2 is 2.18 bits per heavy atom. The Bertz CT molecular complexity index is 450. The summed E-state index contributed by atoms with van der Waals surface area (Å²) in [6.45, 7) is 0. The van der Waals surface area contributed by atoms with Crippen molar-refractivity contribution in [1.82, 2.24) is 4.98 Å². The van der Waals surface area contributed by atoms with Crippen LogP contribution < -0.4 is 10.6 Å². The van der Waals surface area contributed by atoms with Gasteiger partial charge in [0.05, 0.1) is 17.6 Å². The molecule has 4 nitrogen and oxygen atoms in total. The SMILES string of the molecule is CN(C(=O)C1C2CCCC21)c1ccncc1N. The molecule has 2 atom stereocenters. The van der Waals surface area contributed by atoms with Gasteiger partial charge in [0.25, 0.3) is 0 Å². The van der Waals surface area contributed by atoms with Crippen LogP contribution in [0.3, 0.4) is 0 Å². The van der Waals surface area contributed by atoms with Crippen molar-refractivity contribution in [3.05, 3.63) is 18.5 Å². The van der Waals surface area contributed by atoms with Crippen LogP contribution in [0.5, 0.6) is 0 Å². The number of nitrogen functional groups attached to an aromatic ring is 1. The van der Waals surface area contributed by atoms with E-state index in [1.54, 1.807) is 23.4 Å². The van der Waals surface area contributed by atoms with Gasteiger partial charge < -0.3 is 10.6 Å². The van der Waals surface area contributed by atoms with Gasteiger partial charge in [0.1, 0.15) is 0 Å². The highest BCUT2D eigenvalue weighted by molar-refractivity contribution is 5.99. The van der Waals surface area contributed by atoms with Crippen LogP contribution in [-0.4, -0.2) is 17.9 Å². The quantitative estimate of drug-likeness (QED) is 0.842. The number of nitrogens with two attached hydrogens (primary N) is 1. The lowest BCUT2D eigenvalue weighted by atomic mass is 10.1. The van der Waals surface area contributed by atoms with Crippen molar-refractivity contribution in [2.24, 2.45) is 17.8 Å². The zero-order chi connectivity index (χ0) is 12.0. The number of carbonyl (C=O) groups excluding carboxylic acids is 1. The number of carbonyl (C=O) groups is 1. The van der Waals surface area contributed by atoms with Gasteiger partial charge in [-0.3, -0.25) is 9.78 Å². The van der Waals surface area contributed by atoms with Crippen LogP contribution in [0.4, 0.5) is 11.4 Å². The van der Waals surface area contributed by atoms with E-state index in [1.807, 2.05) is 7.05 Å². The molecule has 2 aliphatic rings. The van der Waals surface area contributed by atoms with Gasteiger partial charge in [-0.2, -0.15) is 0 Å². The zero-order valence-corrected chi connectivity index (χ0v) is 9.97. The smallest absolute Gasteiger partial charge is 0.230 e. The Balaban J connectivity index is 1.77. The summed E-state index contributed by atoms with van der Waals surface area (Å²) in [6, 6.07) is 1.80. The minimum atomic E-state index is 0.220. The first-order valence-electron chi connectivity index (χ1n) is 6.17. The van der Waals surface area contributed by atoms with E-state index in [-0.39, 0.29) is 11.8 Å². The van der Waals surface area contributed by atoms with E-state index in [0.29, 0.717) is 17.5 Å². The van der Waals surface area contributed by atoms with Crippen molar-refractivity contribution >= 4 is 17.3 Å². The number of fused-ring (bicyclic) bond motifs is 1. The second kappa shape index (κ2) is 3.72. The summed E-state index contributed by atoms with van der Waals surface area (Å²) in [4.78, 5) is 18.0. The average molecular weight is 231 g/mol. The van der Waals surface area contributed by atoms with Crippen LogP contribution in [0.1, 0.15) is 19.3 Å². The number of aromatic nitrogens is 1. The molecule has 2 unspecified atom stereocenters. The number of rotatable bonds is 2. The number of hydrogen-bond acceptors (Lipinski definition) is 3. The van der Waals surface area contributed by atoms with Gasteiger partial charge >= 0.3 is 0 Å². The van der Waals surface area contributed by atoms with Crippen molar-refractivity contribution < 1.29 is 4.79 Å². The van der Waals surface area contributed by atoms with E-state index in [1.165, 1.54) is 19.3 Å². The summed E-state index contributed by atoms with van der Waals surface area (Å²) in [5.74, 6) is 1.76. The number of pyridine rings is 1. The monoisotopic (exact) mass is 231 g/mol. The van der Waals surface area contributed by atoms with E-state index in [0.717, 1.165) is 5.69 Å². The van der Waals surface area contributed by atoms with Crippen LogP contribution in [-0.2, 0) is 4.79 Å². The maximum absolute atomic E-state index is 12.3. The Hall–Kier alpha value is -1.58. The van der Waals surface area contributed by atoms with Gasteiger partial charge in [0.2, 0.25) is 5.91 Å². The van der Waals surface area contributed by atoms with Crippen LogP contribution in [0.15, 0.2) is 18.5 Å². The molecule has 0 radical (unpaired) electrons. The summed E-state index contributed by atoms with van der Waals surface area (Å²) < 4.78 is 0. The Morgan fingerprint density at radius 1 is 1.47 bits per heavy atom. The molecule has 2 fully saturated rings. The maximum atomic E-state index is 12.3. The summed E-state index contributed by atoms with van der Waals surface area (Å²) in [5, 5.41) is 0. The fourth-order valence-electron chi connectivity index (χ4n) is 3.23. The summed E-state index contributed by atoms with van der Waals surface area (Å²) in [7, 11) is 1.81. The van der Waals surface area contributed by atoms with Crippen LogP contribution >= 0.6 is 0 Å². The molecule has 0 aliphatic heterocycles. The molecule has 1 amide bonds. The first kappa shape index (κ1) is 10.6. The molecule has 1 aromatic heterocycles. The molecule has 90 valence electrons. The molecule has 0 spiro atoms. The minimum Gasteiger partial charge on any atom is -0.396 e. The number of nitrogens with zero attached hydrogens (tertiary/aromatic N) is 2. The third kappa shape index (κ3) is 1.59. The molecule has 2 aliphatic carbocycles. The lowest BCUT2D eigenvalue weighted by molar-refractivity contribution is -0.120. The lowest BCUT2D eigenvalue weighted by Crippen LogP contribution is -2.30. The third-order valence-corrected chi connectivity index (χ3v) is 4.21. The fraction of sp³-hybridized carbons (Fsp3) is 0.538. The second-order valence-electron chi connectivity index (χ2n) is 5.12. The van der Waals surface area contributed by atoms with E-state index in [9.17, 15) is 4.79 Å². The predicted octanol–water partition coefficient (Wildman–Crippen LogP) is 1.67. The Kier molecular flexibility index (Phi) is 2.31. The normalized spacial score (nSPS) is 29.8. The molecule has 1 heterocycles. The molecular formula is C13H17N3O. The van der Waals surface area contributed by atoms with Gasteiger partial charge in [-0.25, -0.2) is 0 Å². The first-order valence-corrected chi connectivity index (χ1v) is 6.17. The average Bonchev–Trinajstić information content (AvgIpc) is 2.81. The third-order valence-electron chi connectivity index (χ3n) is 4.21. The number of hydrogen-bond donors (Lipinski definition) is 1. The second-order valence-corrected chi connectivity index (χ2v) is 5.12. The van der Waals surface area contributed by atoms with Gasteiger partial charge in [-0.15, -0.1) is 0 Å².